The van der Waals surface area contributed by atoms with E-state index in [0.717, 1.165) is 0 Å². The third-order valence-corrected chi connectivity index (χ3v) is 3.10. The molecule has 0 aromatic heterocycles. The number of aliphatic hydroxyl groups excluding tert-OH is 2. The summed E-state index contributed by atoms with van der Waals surface area (Å²) in [5.74, 6) is -5.31. The number of ether oxygens (including phenoxy) is 1. The molecule has 0 bridgehead atoms. The van der Waals surface area contributed by atoms with Crippen LogP contribution in [0.2, 0.25) is 0 Å². The molecule has 1 fully saturated rings. The second-order valence-corrected chi connectivity index (χ2v) is 4.15. The van der Waals surface area contributed by atoms with Gasteiger partial charge in [-0.3, -0.25) is 14.4 Å². The lowest BCUT2D eigenvalue weighted by atomic mass is 9.69. The zero-order valence-electron chi connectivity index (χ0n) is 9.07. The summed E-state index contributed by atoms with van der Waals surface area (Å²) in [4.78, 5) is 33.1. The Labute approximate surface area is 100 Å². The topological polar surface area (TPSA) is 162 Å². The van der Waals surface area contributed by atoms with E-state index in [-0.39, 0.29) is 0 Å². The van der Waals surface area contributed by atoms with Gasteiger partial charge < -0.3 is 30.3 Å². The predicted octanol–water partition coefficient (Wildman–Crippen LogP) is -2.06. The lowest BCUT2D eigenvalue weighted by Crippen LogP contribution is -2.60. The van der Waals surface area contributed by atoms with Gasteiger partial charge in [0.05, 0.1) is 13.2 Å². The largest absolute Gasteiger partial charge is 0.481 e. The molecular formula is C9H12O9. The van der Waals surface area contributed by atoms with Gasteiger partial charge in [-0.05, 0) is 6.42 Å². The molecule has 1 heterocycles. The van der Waals surface area contributed by atoms with E-state index in [1.807, 2.05) is 0 Å². The molecule has 0 aromatic rings. The first-order valence-electron chi connectivity index (χ1n) is 4.83. The molecule has 1 rings (SSSR count). The van der Waals surface area contributed by atoms with Crippen LogP contribution in [0.1, 0.15) is 6.42 Å². The third kappa shape index (κ3) is 1.82. The van der Waals surface area contributed by atoms with Crippen LogP contribution in [0, 0.1) is 10.8 Å². The summed E-state index contributed by atoms with van der Waals surface area (Å²) in [5.41, 5.74) is -4.89. The van der Waals surface area contributed by atoms with E-state index < -0.39 is 54.7 Å². The SMILES string of the molecule is O=C(O)C1(C(=O)O)COC(O)C(CO)(C(=O)O)C1. The molecule has 0 amide bonds. The quantitative estimate of drug-likeness (QED) is 0.359. The highest BCUT2D eigenvalue weighted by molar-refractivity contribution is 5.99. The van der Waals surface area contributed by atoms with Crippen molar-refractivity contribution in [2.24, 2.45) is 10.8 Å². The maximum atomic E-state index is 11.1. The van der Waals surface area contributed by atoms with E-state index in [0.29, 0.717) is 0 Å². The Hall–Kier alpha value is -1.71. The molecule has 0 aliphatic carbocycles. The molecule has 102 valence electrons. The second kappa shape index (κ2) is 4.52. The molecule has 0 saturated carbocycles. The number of aliphatic hydroxyl groups is 2. The van der Waals surface area contributed by atoms with Gasteiger partial charge in [0, 0.05) is 0 Å². The van der Waals surface area contributed by atoms with Gasteiger partial charge in [0.15, 0.2) is 11.7 Å². The number of hydrogen-bond acceptors (Lipinski definition) is 6. The van der Waals surface area contributed by atoms with Crippen molar-refractivity contribution < 1.29 is 44.7 Å². The van der Waals surface area contributed by atoms with E-state index in [9.17, 15) is 19.5 Å². The Bertz CT molecular complexity index is 375. The van der Waals surface area contributed by atoms with Gasteiger partial charge in [0.2, 0.25) is 0 Å². The highest BCUT2D eigenvalue weighted by Gasteiger charge is 2.62. The molecule has 0 radical (unpaired) electrons. The Balaban J connectivity index is 3.27. The Morgan fingerprint density at radius 3 is 1.94 bits per heavy atom. The molecule has 1 saturated heterocycles. The Morgan fingerprint density at radius 1 is 1.11 bits per heavy atom. The Morgan fingerprint density at radius 2 is 1.61 bits per heavy atom. The Kier molecular flexibility index (Phi) is 3.60. The van der Waals surface area contributed by atoms with Gasteiger partial charge in [-0.15, -0.1) is 0 Å². The summed E-state index contributed by atoms with van der Waals surface area (Å²) in [5, 5.41) is 45.4. The molecule has 0 aromatic carbocycles. The van der Waals surface area contributed by atoms with E-state index in [4.69, 9.17) is 20.4 Å². The third-order valence-electron chi connectivity index (χ3n) is 3.10. The first-order chi connectivity index (χ1) is 8.23. The summed E-state index contributed by atoms with van der Waals surface area (Å²) in [6.45, 7) is -2.03. The first kappa shape index (κ1) is 14.4. The average molecular weight is 264 g/mol. The number of rotatable bonds is 4. The van der Waals surface area contributed by atoms with Crippen molar-refractivity contribution in [1.82, 2.24) is 0 Å². The average Bonchev–Trinajstić information content (AvgIpc) is 2.29. The van der Waals surface area contributed by atoms with Crippen LogP contribution >= 0.6 is 0 Å². The van der Waals surface area contributed by atoms with Crippen LogP contribution in [-0.2, 0) is 19.1 Å². The molecule has 9 nitrogen and oxygen atoms in total. The number of aliphatic carboxylic acids is 3. The van der Waals surface area contributed by atoms with Crippen molar-refractivity contribution in [3.63, 3.8) is 0 Å². The van der Waals surface area contributed by atoms with Gasteiger partial charge in [-0.25, -0.2) is 0 Å². The normalized spacial score (nSPS) is 30.7. The maximum absolute atomic E-state index is 11.1. The number of hydrogen-bond donors (Lipinski definition) is 5. The van der Waals surface area contributed by atoms with Gasteiger partial charge in [0.1, 0.15) is 5.41 Å². The standard InChI is InChI=1S/C9H12O9/c10-2-8(4(11)12)1-9(5(13)14,6(15)16)3-18-7(8)17/h7,10,17H,1-3H2,(H,11,12)(H,13,14)(H,15,16). The number of carboxylic acid groups (broad SMARTS) is 3. The van der Waals surface area contributed by atoms with Crippen molar-refractivity contribution in [3.8, 4) is 0 Å². The van der Waals surface area contributed by atoms with Crippen molar-refractivity contribution in [2.75, 3.05) is 13.2 Å². The van der Waals surface area contributed by atoms with Crippen LogP contribution in [0.15, 0.2) is 0 Å². The van der Waals surface area contributed by atoms with Gasteiger partial charge in [0.25, 0.3) is 0 Å². The lowest BCUT2D eigenvalue weighted by Gasteiger charge is -2.42. The molecule has 1 aliphatic rings. The minimum absolute atomic E-state index is 0.881. The summed E-state index contributed by atoms with van der Waals surface area (Å²) in [6, 6.07) is 0. The van der Waals surface area contributed by atoms with Crippen LogP contribution in [0.3, 0.4) is 0 Å². The molecule has 2 atom stereocenters. The molecule has 0 spiro atoms. The fourth-order valence-electron chi connectivity index (χ4n) is 1.81. The van der Waals surface area contributed by atoms with Crippen molar-refractivity contribution in [3.05, 3.63) is 0 Å². The maximum Gasteiger partial charge on any atom is 0.323 e. The molecular weight excluding hydrogens is 252 g/mol. The van der Waals surface area contributed by atoms with Crippen molar-refractivity contribution in [1.29, 1.82) is 0 Å². The van der Waals surface area contributed by atoms with E-state index >= 15 is 0 Å². The first-order valence-corrected chi connectivity index (χ1v) is 4.83. The summed E-state index contributed by atoms with van der Waals surface area (Å²) in [7, 11) is 0. The summed E-state index contributed by atoms with van der Waals surface area (Å²) < 4.78 is 4.54. The smallest absolute Gasteiger partial charge is 0.323 e. The monoisotopic (exact) mass is 264 g/mol. The second-order valence-electron chi connectivity index (χ2n) is 4.15. The number of carbonyl (C=O) groups is 3. The van der Waals surface area contributed by atoms with Crippen LogP contribution < -0.4 is 0 Å². The van der Waals surface area contributed by atoms with Gasteiger partial charge in [-0.2, -0.15) is 0 Å². The fourth-order valence-corrected chi connectivity index (χ4v) is 1.81. The van der Waals surface area contributed by atoms with E-state index in [1.165, 1.54) is 0 Å². The predicted molar refractivity (Wildman–Crippen MR) is 51.4 cm³/mol. The molecule has 1 aliphatic heterocycles. The minimum Gasteiger partial charge on any atom is -0.481 e. The molecule has 2 unspecified atom stereocenters. The number of carboxylic acids is 3. The zero-order valence-corrected chi connectivity index (χ0v) is 9.07. The van der Waals surface area contributed by atoms with Gasteiger partial charge in [-0.1, -0.05) is 0 Å². The zero-order chi connectivity index (χ0) is 14.1. The highest BCUT2D eigenvalue weighted by Crippen LogP contribution is 2.43. The minimum atomic E-state index is -2.51. The molecule has 5 N–H and O–H groups in total. The lowest BCUT2D eigenvalue weighted by molar-refractivity contribution is -0.252. The highest BCUT2D eigenvalue weighted by atomic mass is 16.6. The van der Waals surface area contributed by atoms with Crippen LogP contribution in [0.5, 0.6) is 0 Å². The van der Waals surface area contributed by atoms with Crippen molar-refractivity contribution in [2.45, 2.75) is 12.7 Å². The van der Waals surface area contributed by atoms with E-state index in [1.54, 1.807) is 0 Å². The van der Waals surface area contributed by atoms with Crippen LogP contribution in [0.25, 0.3) is 0 Å². The van der Waals surface area contributed by atoms with E-state index in [2.05, 4.69) is 4.74 Å². The molecule has 18 heavy (non-hydrogen) atoms. The molecule has 9 heteroatoms. The summed E-state index contributed by atoms with van der Waals surface area (Å²) >= 11 is 0. The fraction of sp³-hybridized carbons (Fsp3) is 0.667. The van der Waals surface area contributed by atoms with Gasteiger partial charge >= 0.3 is 17.9 Å². The van der Waals surface area contributed by atoms with Crippen molar-refractivity contribution >= 4 is 17.9 Å². The van der Waals surface area contributed by atoms with Crippen LogP contribution in [0.4, 0.5) is 0 Å². The van der Waals surface area contributed by atoms with Crippen LogP contribution in [-0.4, -0.2) is 62.9 Å². The summed E-state index contributed by atoms with van der Waals surface area (Å²) in [6.07, 6.45) is -2.95.